The Balaban J connectivity index is 0.000000382. The number of carbonyl (C=O) groups is 4. The fourth-order valence-corrected chi connectivity index (χ4v) is 2.84. The molecule has 0 amide bonds. The number of benzene rings is 2. The van der Waals surface area contributed by atoms with Crippen molar-refractivity contribution >= 4 is 23.9 Å². The summed E-state index contributed by atoms with van der Waals surface area (Å²) in [5.41, 5.74) is 0.750. The summed E-state index contributed by atoms with van der Waals surface area (Å²) in [6, 6.07) is 8.52. The van der Waals surface area contributed by atoms with Crippen LogP contribution in [-0.4, -0.2) is 71.7 Å². The summed E-state index contributed by atoms with van der Waals surface area (Å²) >= 11 is 0. The molecule has 10 nitrogen and oxygen atoms in total. The van der Waals surface area contributed by atoms with Crippen LogP contribution in [0.15, 0.2) is 36.4 Å². The van der Waals surface area contributed by atoms with E-state index in [9.17, 15) is 19.2 Å². The number of ether oxygens (including phenoxy) is 2. The molecule has 0 aliphatic rings. The number of hydrogen-bond donors (Lipinski definition) is 4. The number of carboxylic acids is 2. The third kappa shape index (κ3) is 10.2. The van der Waals surface area contributed by atoms with Gasteiger partial charge < -0.3 is 29.9 Å². The van der Waals surface area contributed by atoms with Gasteiger partial charge in [-0.3, -0.25) is 0 Å². The lowest BCUT2D eigenvalue weighted by Crippen LogP contribution is -2.12. The second kappa shape index (κ2) is 16.9. The molecule has 0 fully saturated rings. The maximum absolute atomic E-state index is 11.7. The number of aliphatic hydroxyl groups is 2. The molecule has 0 heterocycles. The molecule has 0 radical (unpaired) electrons. The van der Waals surface area contributed by atoms with Crippen molar-refractivity contribution in [2.24, 2.45) is 0 Å². The van der Waals surface area contributed by atoms with E-state index >= 15 is 0 Å². The minimum atomic E-state index is -1.30. The van der Waals surface area contributed by atoms with Gasteiger partial charge in [0.2, 0.25) is 0 Å². The predicted octanol–water partition coefficient (Wildman–Crippen LogP) is 2.59. The summed E-state index contributed by atoms with van der Waals surface area (Å²) in [4.78, 5) is 45.0. The third-order valence-electron chi connectivity index (χ3n) is 4.70. The zero-order valence-corrected chi connectivity index (χ0v) is 20.9. The SMILES string of the molecule is COC(=O)c1ccc(C#CCCCO)cc1C(=O)OC.O=C(O)c1ccc(C#CCCCO)cc1C(=O)O. The van der Waals surface area contributed by atoms with Crippen molar-refractivity contribution < 1.29 is 49.1 Å². The molecule has 0 unspecified atom stereocenters. The lowest BCUT2D eigenvalue weighted by molar-refractivity contribution is 0.0555. The standard InChI is InChI=1S/C15H16O5.C13H12O5/c1-19-14(17)12-8-7-11(6-4-3-5-9-16)10-13(12)15(18)20-2;14-7-3-1-2-4-9-5-6-10(12(15)16)11(8-9)13(17)18/h7-8,10,16H,3,5,9H2,1-2H3;5-6,8,14H,1,3,7H2,(H,15,16)(H,17,18). The fourth-order valence-electron chi connectivity index (χ4n) is 2.84. The van der Waals surface area contributed by atoms with Gasteiger partial charge in [0, 0.05) is 37.2 Å². The van der Waals surface area contributed by atoms with Crippen molar-refractivity contribution in [2.45, 2.75) is 25.7 Å². The summed E-state index contributed by atoms with van der Waals surface area (Å²) in [6.07, 6.45) is 2.20. The van der Waals surface area contributed by atoms with E-state index in [4.69, 9.17) is 20.4 Å². The molecule has 0 atom stereocenters. The van der Waals surface area contributed by atoms with Gasteiger partial charge >= 0.3 is 23.9 Å². The zero-order chi connectivity index (χ0) is 28.5. The van der Waals surface area contributed by atoms with E-state index in [1.165, 1.54) is 44.6 Å². The van der Waals surface area contributed by atoms with Crippen LogP contribution in [0.5, 0.6) is 0 Å². The molecule has 38 heavy (non-hydrogen) atoms. The molecular weight excluding hydrogens is 496 g/mol. The Kier molecular flexibility index (Phi) is 14.0. The van der Waals surface area contributed by atoms with Crippen molar-refractivity contribution in [3.05, 3.63) is 69.8 Å². The first-order chi connectivity index (χ1) is 18.2. The minimum Gasteiger partial charge on any atom is -0.478 e. The molecule has 0 saturated carbocycles. The normalized spacial score (nSPS) is 9.37. The third-order valence-corrected chi connectivity index (χ3v) is 4.70. The second-order valence-electron chi connectivity index (χ2n) is 7.37. The Labute approximate surface area is 219 Å². The van der Waals surface area contributed by atoms with Gasteiger partial charge in [0.05, 0.1) is 36.5 Å². The van der Waals surface area contributed by atoms with Gasteiger partial charge in [0.1, 0.15) is 0 Å². The monoisotopic (exact) mass is 524 g/mol. The molecule has 2 aromatic rings. The molecule has 0 aliphatic carbocycles. The molecule has 2 aromatic carbocycles. The Hall–Kier alpha value is -4.64. The van der Waals surface area contributed by atoms with Gasteiger partial charge in [-0.15, -0.1) is 0 Å². The summed E-state index contributed by atoms with van der Waals surface area (Å²) in [5.74, 6) is 7.41. The van der Waals surface area contributed by atoms with E-state index in [-0.39, 0.29) is 35.5 Å². The number of aromatic carboxylic acids is 2. The number of rotatable bonds is 8. The van der Waals surface area contributed by atoms with Crippen LogP contribution in [-0.2, 0) is 9.47 Å². The van der Waals surface area contributed by atoms with E-state index in [0.717, 1.165) is 0 Å². The fraction of sp³-hybridized carbons (Fsp3) is 0.286. The number of esters is 2. The van der Waals surface area contributed by atoms with Crippen LogP contribution >= 0.6 is 0 Å². The van der Waals surface area contributed by atoms with Gasteiger partial charge in [-0.1, -0.05) is 23.7 Å². The van der Waals surface area contributed by atoms with Crippen molar-refractivity contribution in [3.8, 4) is 23.7 Å². The molecule has 0 spiro atoms. The van der Waals surface area contributed by atoms with Gasteiger partial charge in [-0.05, 0) is 49.2 Å². The lowest BCUT2D eigenvalue weighted by Gasteiger charge is -2.06. The van der Waals surface area contributed by atoms with Gasteiger partial charge in [-0.25, -0.2) is 19.2 Å². The molecule has 10 heteroatoms. The van der Waals surface area contributed by atoms with E-state index in [1.54, 1.807) is 6.07 Å². The molecule has 0 saturated heterocycles. The first-order valence-corrected chi connectivity index (χ1v) is 11.3. The van der Waals surface area contributed by atoms with Crippen molar-refractivity contribution in [2.75, 3.05) is 27.4 Å². The maximum atomic E-state index is 11.7. The van der Waals surface area contributed by atoms with Crippen LogP contribution in [0.2, 0.25) is 0 Å². The molecule has 200 valence electrons. The highest BCUT2D eigenvalue weighted by Crippen LogP contribution is 2.15. The number of hydrogen-bond acceptors (Lipinski definition) is 8. The Morgan fingerprint density at radius 1 is 0.658 bits per heavy atom. The summed E-state index contributed by atoms with van der Waals surface area (Å²) < 4.78 is 9.26. The molecule has 0 bridgehead atoms. The van der Waals surface area contributed by atoms with Crippen molar-refractivity contribution in [1.82, 2.24) is 0 Å². The number of carbonyl (C=O) groups excluding carboxylic acids is 2. The number of methoxy groups -OCH3 is 2. The maximum Gasteiger partial charge on any atom is 0.338 e. The molecule has 0 aliphatic heterocycles. The van der Waals surface area contributed by atoms with E-state index < -0.39 is 23.9 Å². The molecular formula is C28H28O10. The van der Waals surface area contributed by atoms with E-state index in [0.29, 0.717) is 36.8 Å². The van der Waals surface area contributed by atoms with Crippen molar-refractivity contribution in [3.63, 3.8) is 0 Å². The Morgan fingerprint density at radius 3 is 1.50 bits per heavy atom. The summed E-state index contributed by atoms with van der Waals surface area (Å²) in [7, 11) is 2.48. The molecule has 0 aromatic heterocycles. The zero-order valence-electron chi connectivity index (χ0n) is 20.9. The topological polar surface area (TPSA) is 168 Å². The van der Waals surface area contributed by atoms with Crippen LogP contribution in [0.1, 0.15) is 78.2 Å². The summed E-state index contributed by atoms with van der Waals surface area (Å²) in [6.45, 7) is 0.135. The highest BCUT2D eigenvalue weighted by molar-refractivity contribution is 6.03. The number of aliphatic hydroxyl groups excluding tert-OH is 2. The highest BCUT2D eigenvalue weighted by atomic mass is 16.5. The van der Waals surface area contributed by atoms with Gasteiger partial charge in [-0.2, -0.15) is 0 Å². The molecule has 4 N–H and O–H groups in total. The second-order valence-corrected chi connectivity index (χ2v) is 7.37. The summed E-state index contributed by atoms with van der Waals surface area (Å²) in [5, 5.41) is 35.0. The minimum absolute atomic E-state index is 0.0486. The highest BCUT2D eigenvalue weighted by Gasteiger charge is 2.18. The van der Waals surface area contributed by atoms with Crippen LogP contribution < -0.4 is 0 Å². The van der Waals surface area contributed by atoms with E-state index in [2.05, 4.69) is 33.2 Å². The quantitative estimate of drug-likeness (QED) is 0.229. The smallest absolute Gasteiger partial charge is 0.338 e. The number of unbranched alkanes of at least 4 members (excludes halogenated alkanes) is 2. The Bertz CT molecular complexity index is 1270. The average molecular weight is 525 g/mol. The molecule has 2 rings (SSSR count). The first kappa shape index (κ1) is 31.4. The largest absolute Gasteiger partial charge is 0.478 e. The van der Waals surface area contributed by atoms with Crippen LogP contribution in [0.3, 0.4) is 0 Å². The Morgan fingerprint density at radius 2 is 1.08 bits per heavy atom. The van der Waals surface area contributed by atoms with Crippen LogP contribution in [0.4, 0.5) is 0 Å². The van der Waals surface area contributed by atoms with Gasteiger partial charge in [0.25, 0.3) is 0 Å². The van der Waals surface area contributed by atoms with Crippen LogP contribution in [0, 0.1) is 23.7 Å². The number of carboxylic acid groups (broad SMARTS) is 2. The average Bonchev–Trinajstić information content (AvgIpc) is 2.92. The predicted molar refractivity (Wildman–Crippen MR) is 136 cm³/mol. The van der Waals surface area contributed by atoms with Gasteiger partial charge in [0.15, 0.2) is 0 Å². The van der Waals surface area contributed by atoms with Crippen molar-refractivity contribution in [1.29, 1.82) is 0 Å². The van der Waals surface area contributed by atoms with Crippen LogP contribution in [0.25, 0.3) is 0 Å². The first-order valence-electron chi connectivity index (χ1n) is 11.3. The lowest BCUT2D eigenvalue weighted by atomic mass is 10.0. The van der Waals surface area contributed by atoms with E-state index in [1.807, 2.05) is 0 Å².